The molecule has 0 aliphatic heterocycles. The summed E-state index contributed by atoms with van der Waals surface area (Å²) in [5.41, 5.74) is 3.12. The Hall–Kier alpha value is -2.57. The van der Waals surface area contributed by atoms with E-state index in [1.165, 1.54) is 18.1 Å². The number of rotatable bonds is 5. The summed E-state index contributed by atoms with van der Waals surface area (Å²) in [6.45, 7) is 2.29. The summed E-state index contributed by atoms with van der Waals surface area (Å²) in [5, 5.41) is 4.88. The second-order valence-corrected chi connectivity index (χ2v) is 7.83. The van der Waals surface area contributed by atoms with E-state index in [9.17, 15) is 4.79 Å². The first-order chi connectivity index (χ1) is 13.1. The summed E-state index contributed by atoms with van der Waals surface area (Å²) >= 11 is 7.24. The number of amides is 1. The van der Waals surface area contributed by atoms with Gasteiger partial charge < -0.3 is 9.73 Å². The number of nitrogens with zero attached hydrogens (tertiary/aromatic N) is 2. The summed E-state index contributed by atoms with van der Waals surface area (Å²) < 4.78 is 5.91. The van der Waals surface area contributed by atoms with Gasteiger partial charge in [0.1, 0.15) is 22.5 Å². The number of nitrogens with one attached hydrogen (secondary N) is 1. The van der Waals surface area contributed by atoms with Gasteiger partial charge in [-0.3, -0.25) is 4.79 Å². The van der Waals surface area contributed by atoms with E-state index in [1.54, 1.807) is 12.1 Å². The highest BCUT2D eigenvalue weighted by Crippen LogP contribution is 2.34. The SMILES string of the molecule is C[C@H](Sc1ncnc2c1oc1ccccc12)C(=O)NCc1ccc(Cl)cc1. The van der Waals surface area contributed by atoms with Crippen LogP contribution in [0.5, 0.6) is 0 Å². The fourth-order valence-corrected chi connectivity index (χ4v) is 3.75. The molecule has 4 aromatic rings. The molecular weight excluding hydrogens is 382 g/mol. The van der Waals surface area contributed by atoms with Gasteiger partial charge in [0.2, 0.25) is 5.91 Å². The van der Waals surface area contributed by atoms with Gasteiger partial charge >= 0.3 is 0 Å². The molecule has 0 radical (unpaired) electrons. The Bertz CT molecular complexity index is 1110. The van der Waals surface area contributed by atoms with Crippen molar-refractivity contribution < 1.29 is 9.21 Å². The van der Waals surface area contributed by atoms with Crippen molar-refractivity contribution in [3.05, 3.63) is 65.4 Å². The molecule has 0 saturated heterocycles. The molecule has 1 amide bonds. The normalized spacial score (nSPS) is 12.4. The number of hydrogen-bond acceptors (Lipinski definition) is 5. The molecular formula is C20H16ClN3O2S. The molecule has 2 aromatic heterocycles. The second-order valence-electron chi connectivity index (χ2n) is 6.06. The molecule has 0 unspecified atom stereocenters. The number of hydrogen-bond donors (Lipinski definition) is 1. The second kappa shape index (κ2) is 7.58. The predicted molar refractivity (Wildman–Crippen MR) is 108 cm³/mol. The van der Waals surface area contributed by atoms with Crippen molar-refractivity contribution >= 4 is 51.3 Å². The van der Waals surface area contributed by atoms with Crippen molar-refractivity contribution in [2.24, 2.45) is 0 Å². The molecule has 27 heavy (non-hydrogen) atoms. The third-order valence-electron chi connectivity index (χ3n) is 4.16. The average molecular weight is 398 g/mol. The Balaban J connectivity index is 1.49. The van der Waals surface area contributed by atoms with Crippen molar-refractivity contribution in [3.8, 4) is 0 Å². The Morgan fingerprint density at radius 2 is 1.96 bits per heavy atom. The number of carbonyl (C=O) groups excluding carboxylic acids is 1. The van der Waals surface area contributed by atoms with Crippen molar-refractivity contribution in [3.63, 3.8) is 0 Å². The monoisotopic (exact) mass is 397 g/mol. The topological polar surface area (TPSA) is 68.0 Å². The molecule has 136 valence electrons. The van der Waals surface area contributed by atoms with Crippen LogP contribution in [-0.2, 0) is 11.3 Å². The number of benzene rings is 2. The lowest BCUT2D eigenvalue weighted by molar-refractivity contribution is -0.120. The molecule has 2 aromatic carbocycles. The van der Waals surface area contributed by atoms with E-state index in [0.717, 1.165) is 22.0 Å². The number of halogens is 1. The van der Waals surface area contributed by atoms with E-state index >= 15 is 0 Å². The lowest BCUT2D eigenvalue weighted by Gasteiger charge is -2.11. The summed E-state index contributed by atoms with van der Waals surface area (Å²) in [6, 6.07) is 15.1. The van der Waals surface area contributed by atoms with Gasteiger partial charge in [0.05, 0.1) is 5.25 Å². The summed E-state index contributed by atoms with van der Waals surface area (Å²) in [5.74, 6) is -0.0715. The Morgan fingerprint density at radius 3 is 2.78 bits per heavy atom. The van der Waals surface area contributed by atoms with Gasteiger partial charge in [0.15, 0.2) is 5.58 Å². The highest BCUT2D eigenvalue weighted by molar-refractivity contribution is 8.00. The molecule has 0 fully saturated rings. The molecule has 0 aliphatic carbocycles. The first kappa shape index (κ1) is 17.8. The highest BCUT2D eigenvalue weighted by atomic mass is 35.5. The van der Waals surface area contributed by atoms with E-state index in [4.69, 9.17) is 16.0 Å². The van der Waals surface area contributed by atoms with Crippen molar-refractivity contribution in [1.29, 1.82) is 0 Å². The van der Waals surface area contributed by atoms with E-state index in [2.05, 4.69) is 15.3 Å². The molecule has 0 aliphatic rings. The van der Waals surface area contributed by atoms with Crippen LogP contribution in [0.3, 0.4) is 0 Å². The molecule has 0 spiro atoms. The number of aromatic nitrogens is 2. The van der Waals surface area contributed by atoms with Crippen molar-refractivity contribution in [2.45, 2.75) is 23.7 Å². The van der Waals surface area contributed by atoms with E-state index in [-0.39, 0.29) is 11.2 Å². The molecule has 0 saturated carbocycles. The van der Waals surface area contributed by atoms with Crippen LogP contribution in [0.25, 0.3) is 22.1 Å². The van der Waals surface area contributed by atoms with E-state index in [0.29, 0.717) is 22.2 Å². The number of para-hydroxylation sites is 1. The third kappa shape index (κ3) is 3.77. The quantitative estimate of drug-likeness (QED) is 0.386. The smallest absolute Gasteiger partial charge is 0.233 e. The van der Waals surface area contributed by atoms with Crippen LogP contribution in [0.2, 0.25) is 5.02 Å². The first-order valence-corrected chi connectivity index (χ1v) is 9.68. The molecule has 0 bridgehead atoms. The van der Waals surface area contributed by atoms with E-state index < -0.39 is 0 Å². The molecule has 1 atom stereocenters. The zero-order valence-electron chi connectivity index (χ0n) is 14.5. The van der Waals surface area contributed by atoms with Gasteiger partial charge in [-0.2, -0.15) is 0 Å². The summed E-state index contributed by atoms with van der Waals surface area (Å²) in [6.07, 6.45) is 1.50. The van der Waals surface area contributed by atoms with Gasteiger partial charge in [0.25, 0.3) is 0 Å². The summed E-state index contributed by atoms with van der Waals surface area (Å²) in [7, 11) is 0. The van der Waals surface area contributed by atoms with Gasteiger partial charge in [-0.05, 0) is 36.8 Å². The van der Waals surface area contributed by atoms with Crippen LogP contribution >= 0.6 is 23.4 Å². The fraction of sp³-hybridized carbons (Fsp3) is 0.150. The molecule has 1 N–H and O–H groups in total. The van der Waals surface area contributed by atoms with E-state index in [1.807, 2.05) is 43.3 Å². The number of furan rings is 1. The molecule has 4 rings (SSSR count). The minimum Gasteiger partial charge on any atom is -0.451 e. The Kier molecular flexibility index (Phi) is 5.01. The van der Waals surface area contributed by atoms with Gasteiger partial charge in [-0.1, -0.05) is 47.6 Å². The van der Waals surface area contributed by atoms with Crippen molar-refractivity contribution in [2.75, 3.05) is 0 Å². The minimum absolute atomic E-state index is 0.0715. The maximum atomic E-state index is 12.5. The van der Waals surface area contributed by atoms with Crippen LogP contribution in [-0.4, -0.2) is 21.1 Å². The standard InChI is InChI=1S/C20H16ClN3O2S/c1-12(19(25)22-10-13-6-8-14(21)9-7-13)27-20-18-17(23-11-24-20)15-4-2-3-5-16(15)26-18/h2-9,11-12H,10H2,1H3,(H,22,25)/t12-/m0/s1. The number of thioether (sulfide) groups is 1. The Labute approximate surface area is 165 Å². The number of carbonyl (C=O) groups is 1. The van der Waals surface area contributed by atoms with Crippen LogP contribution in [0.15, 0.2) is 64.3 Å². The highest BCUT2D eigenvalue weighted by Gasteiger charge is 2.19. The molecule has 7 heteroatoms. The molecule has 5 nitrogen and oxygen atoms in total. The maximum absolute atomic E-state index is 12.5. The Morgan fingerprint density at radius 1 is 1.19 bits per heavy atom. The largest absolute Gasteiger partial charge is 0.451 e. The lowest BCUT2D eigenvalue weighted by atomic mass is 10.2. The first-order valence-electron chi connectivity index (χ1n) is 8.43. The number of fused-ring (bicyclic) bond motifs is 3. The van der Waals surface area contributed by atoms with Crippen LogP contribution in [0.1, 0.15) is 12.5 Å². The van der Waals surface area contributed by atoms with Crippen LogP contribution in [0.4, 0.5) is 0 Å². The zero-order chi connectivity index (χ0) is 18.8. The average Bonchev–Trinajstić information content (AvgIpc) is 3.07. The fourth-order valence-electron chi connectivity index (χ4n) is 2.74. The maximum Gasteiger partial charge on any atom is 0.233 e. The predicted octanol–water partition coefficient (Wildman–Crippen LogP) is 4.83. The van der Waals surface area contributed by atoms with Gasteiger partial charge in [0, 0.05) is 17.0 Å². The third-order valence-corrected chi connectivity index (χ3v) is 5.50. The minimum atomic E-state index is -0.330. The van der Waals surface area contributed by atoms with Crippen LogP contribution < -0.4 is 5.32 Å². The van der Waals surface area contributed by atoms with Crippen molar-refractivity contribution in [1.82, 2.24) is 15.3 Å². The summed E-state index contributed by atoms with van der Waals surface area (Å²) in [4.78, 5) is 21.1. The lowest BCUT2D eigenvalue weighted by Crippen LogP contribution is -2.30. The zero-order valence-corrected chi connectivity index (χ0v) is 16.1. The van der Waals surface area contributed by atoms with Crippen LogP contribution in [0, 0.1) is 0 Å². The van der Waals surface area contributed by atoms with Gasteiger partial charge in [-0.25, -0.2) is 9.97 Å². The van der Waals surface area contributed by atoms with Gasteiger partial charge in [-0.15, -0.1) is 0 Å². The molecule has 2 heterocycles.